The number of nitro benzene ring substituents is 1. The Kier molecular flexibility index (Phi) is 2.39. The summed E-state index contributed by atoms with van der Waals surface area (Å²) >= 11 is 0. The molecule has 0 atom stereocenters. The van der Waals surface area contributed by atoms with Crippen LogP contribution in [0.1, 0.15) is 5.56 Å². The van der Waals surface area contributed by atoms with Crippen LogP contribution in [-0.4, -0.2) is 9.32 Å². The van der Waals surface area contributed by atoms with Gasteiger partial charge in [0.1, 0.15) is 0 Å². The van der Waals surface area contributed by atoms with Crippen molar-refractivity contribution in [2.45, 2.75) is 6.92 Å². The highest BCUT2D eigenvalue weighted by molar-refractivity contribution is 5.90. The first-order valence-corrected chi connectivity index (χ1v) is 6.68. The highest BCUT2D eigenvalue weighted by Crippen LogP contribution is 2.26. The van der Waals surface area contributed by atoms with E-state index in [1.165, 1.54) is 18.2 Å². The van der Waals surface area contributed by atoms with Gasteiger partial charge < -0.3 is 4.42 Å². The number of aromatic nitrogens is 1. The number of pyridine rings is 1. The van der Waals surface area contributed by atoms with E-state index in [9.17, 15) is 14.9 Å². The summed E-state index contributed by atoms with van der Waals surface area (Å²) < 4.78 is 7.53. The molecule has 0 unspecified atom stereocenters. The fourth-order valence-electron chi connectivity index (χ4n) is 2.73. The molecule has 0 aliphatic heterocycles. The fourth-order valence-corrected chi connectivity index (χ4v) is 2.73. The topological polar surface area (TPSA) is 77.8 Å². The molecule has 0 aliphatic carbocycles. The van der Waals surface area contributed by atoms with Crippen molar-refractivity contribution in [2.24, 2.45) is 0 Å². The zero-order chi connectivity index (χ0) is 15.4. The molecule has 2 aromatic carbocycles. The highest BCUT2D eigenvalue weighted by atomic mass is 16.6. The van der Waals surface area contributed by atoms with Gasteiger partial charge in [0.2, 0.25) is 5.71 Å². The molecule has 6 nitrogen and oxygen atoms in total. The average Bonchev–Trinajstić information content (AvgIpc) is 2.83. The number of fused-ring (bicyclic) bond motifs is 5. The number of rotatable bonds is 1. The number of oxazole rings is 1. The van der Waals surface area contributed by atoms with Gasteiger partial charge in [-0.2, -0.15) is 0 Å². The van der Waals surface area contributed by atoms with Crippen molar-refractivity contribution in [1.29, 1.82) is 0 Å². The lowest BCUT2D eigenvalue weighted by Crippen LogP contribution is -2.04. The first-order valence-electron chi connectivity index (χ1n) is 6.68. The SMILES string of the molecule is Cc1ccc2c(c1)oc1cc(=O)c3cc([N+](=O)[O-])ccc3n12. The second kappa shape index (κ2) is 4.17. The average molecular weight is 294 g/mol. The number of aryl methyl sites for hydroxylation is 1. The summed E-state index contributed by atoms with van der Waals surface area (Å²) in [5, 5.41) is 11.2. The summed E-state index contributed by atoms with van der Waals surface area (Å²) in [5.41, 5.74) is 3.16. The van der Waals surface area contributed by atoms with Gasteiger partial charge in [0, 0.05) is 18.2 Å². The smallest absolute Gasteiger partial charge is 0.270 e. The van der Waals surface area contributed by atoms with Gasteiger partial charge in [-0.3, -0.25) is 19.3 Å². The van der Waals surface area contributed by atoms with Crippen molar-refractivity contribution in [3.8, 4) is 0 Å². The van der Waals surface area contributed by atoms with Gasteiger partial charge in [-0.25, -0.2) is 0 Å². The van der Waals surface area contributed by atoms with Crippen LogP contribution < -0.4 is 5.43 Å². The Morgan fingerprint density at radius 3 is 2.64 bits per heavy atom. The standard InChI is InChI=1S/C16H10N2O4/c1-9-2-4-13-15(6-9)22-16-8-14(19)11-7-10(18(20)21)3-5-12(11)17(13)16/h2-8H,1H3. The van der Waals surface area contributed by atoms with Gasteiger partial charge in [0.15, 0.2) is 11.0 Å². The third-order valence-corrected chi connectivity index (χ3v) is 3.74. The van der Waals surface area contributed by atoms with Crippen LogP contribution in [0.2, 0.25) is 0 Å². The third-order valence-electron chi connectivity index (χ3n) is 3.74. The molecule has 2 aromatic heterocycles. The normalized spacial score (nSPS) is 11.5. The molecule has 6 heteroatoms. The summed E-state index contributed by atoms with van der Waals surface area (Å²) in [5.74, 6) is 0. The monoisotopic (exact) mass is 294 g/mol. The van der Waals surface area contributed by atoms with Crippen LogP contribution in [0.4, 0.5) is 5.69 Å². The number of benzene rings is 2. The van der Waals surface area contributed by atoms with Crippen LogP contribution >= 0.6 is 0 Å². The second-order valence-electron chi connectivity index (χ2n) is 5.21. The summed E-state index contributed by atoms with van der Waals surface area (Å²) in [7, 11) is 0. The lowest BCUT2D eigenvalue weighted by molar-refractivity contribution is -0.384. The lowest BCUT2D eigenvalue weighted by Gasteiger charge is -2.01. The van der Waals surface area contributed by atoms with E-state index in [-0.39, 0.29) is 11.1 Å². The molecule has 4 aromatic rings. The molecule has 0 spiro atoms. The minimum atomic E-state index is -0.509. The Balaban J connectivity index is 2.24. The van der Waals surface area contributed by atoms with E-state index in [1.54, 1.807) is 10.5 Å². The van der Waals surface area contributed by atoms with Crippen LogP contribution in [0.5, 0.6) is 0 Å². The predicted molar refractivity (Wildman–Crippen MR) is 82.3 cm³/mol. The first kappa shape index (κ1) is 12.6. The van der Waals surface area contributed by atoms with E-state index in [0.717, 1.165) is 11.1 Å². The molecule has 2 heterocycles. The molecule has 108 valence electrons. The molecule has 22 heavy (non-hydrogen) atoms. The summed E-state index contributed by atoms with van der Waals surface area (Å²) in [6.45, 7) is 1.96. The van der Waals surface area contributed by atoms with E-state index in [2.05, 4.69) is 0 Å². The number of nitrogens with zero attached hydrogens (tertiary/aromatic N) is 2. The maximum Gasteiger partial charge on any atom is 0.270 e. The molecular formula is C16H10N2O4. The Labute approximate surface area is 123 Å². The summed E-state index contributed by atoms with van der Waals surface area (Å²) in [6, 6.07) is 11.4. The Hall–Kier alpha value is -3.15. The van der Waals surface area contributed by atoms with E-state index in [1.807, 2.05) is 25.1 Å². The summed E-state index contributed by atoms with van der Waals surface area (Å²) in [6.07, 6.45) is 0. The number of hydrogen-bond donors (Lipinski definition) is 0. The van der Waals surface area contributed by atoms with Gasteiger partial charge >= 0.3 is 0 Å². The van der Waals surface area contributed by atoms with Crippen molar-refractivity contribution in [3.05, 3.63) is 68.4 Å². The molecule has 4 rings (SSSR count). The van der Waals surface area contributed by atoms with Gasteiger partial charge in [-0.05, 0) is 30.7 Å². The van der Waals surface area contributed by atoms with E-state index < -0.39 is 4.92 Å². The molecule has 0 N–H and O–H groups in total. The van der Waals surface area contributed by atoms with Crippen LogP contribution in [0.25, 0.3) is 27.7 Å². The minimum Gasteiger partial charge on any atom is -0.438 e. The third kappa shape index (κ3) is 1.64. The second-order valence-corrected chi connectivity index (χ2v) is 5.21. The molecule has 0 saturated carbocycles. The molecule has 0 bridgehead atoms. The van der Waals surface area contributed by atoms with Gasteiger partial charge in [-0.1, -0.05) is 6.07 Å². The quantitative estimate of drug-likeness (QED) is 0.398. The maximum absolute atomic E-state index is 12.2. The van der Waals surface area contributed by atoms with E-state index in [0.29, 0.717) is 22.2 Å². The van der Waals surface area contributed by atoms with Gasteiger partial charge in [0.05, 0.1) is 21.3 Å². The molecule has 0 amide bonds. The maximum atomic E-state index is 12.2. The van der Waals surface area contributed by atoms with Crippen molar-refractivity contribution < 1.29 is 9.34 Å². The van der Waals surface area contributed by atoms with Crippen molar-refractivity contribution >= 4 is 33.4 Å². The molecular weight excluding hydrogens is 284 g/mol. The number of nitro groups is 1. The lowest BCUT2D eigenvalue weighted by atomic mass is 10.2. The molecule has 0 aliphatic rings. The largest absolute Gasteiger partial charge is 0.438 e. The highest BCUT2D eigenvalue weighted by Gasteiger charge is 2.14. The van der Waals surface area contributed by atoms with E-state index >= 15 is 0 Å². The predicted octanol–water partition coefficient (Wildman–Crippen LogP) is 3.42. The van der Waals surface area contributed by atoms with Gasteiger partial charge in [-0.15, -0.1) is 0 Å². The van der Waals surface area contributed by atoms with Crippen molar-refractivity contribution in [3.63, 3.8) is 0 Å². The van der Waals surface area contributed by atoms with Crippen molar-refractivity contribution in [1.82, 2.24) is 4.40 Å². The number of non-ortho nitro benzene ring substituents is 1. The van der Waals surface area contributed by atoms with Gasteiger partial charge in [0.25, 0.3) is 5.69 Å². The van der Waals surface area contributed by atoms with Crippen LogP contribution in [0.3, 0.4) is 0 Å². The number of hydrogen-bond acceptors (Lipinski definition) is 4. The summed E-state index contributed by atoms with van der Waals surface area (Å²) in [4.78, 5) is 22.6. The van der Waals surface area contributed by atoms with Crippen LogP contribution in [-0.2, 0) is 0 Å². The zero-order valence-electron chi connectivity index (χ0n) is 11.6. The van der Waals surface area contributed by atoms with E-state index in [4.69, 9.17) is 4.42 Å². The minimum absolute atomic E-state index is 0.104. The van der Waals surface area contributed by atoms with Crippen LogP contribution in [0.15, 0.2) is 51.7 Å². The Bertz CT molecular complexity index is 1140. The first-order chi connectivity index (χ1) is 10.5. The Morgan fingerprint density at radius 2 is 1.86 bits per heavy atom. The molecule has 0 saturated heterocycles. The van der Waals surface area contributed by atoms with Crippen LogP contribution in [0, 0.1) is 17.0 Å². The fraction of sp³-hybridized carbons (Fsp3) is 0.0625. The zero-order valence-corrected chi connectivity index (χ0v) is 11.6. The Morgan fingerprint density at radius 1 is 1.09 bits per heavy atom. The molecule has 0 fully saturated rings. The van der Waals surface area contributed by atoms with Crippen molar-refractivity contribution in [2.75, 3.05) is 0 Å². The molecule has 0 radical (unpaired) electrons.